The third-order valence-electron chi connectivity index (χ3n) is 2.61. The number of aldehydes is 1. The molecular formula is C12H11N3O4. The van der Waals surface area contributed by atoms with Crippen molar-refractivity contribution >= 4 is 12.0 Å². The highest BCUT2D eigenvalue weighted by molar-refractivity contribution is 5.77. The molecule has 1 aromatic carbocycles. The molecule has 98 valence electrons. The van der Waals surface area contributed by atoms with Crippen LogP contribution in [0.15, 0.2) is 30.7 Å². The first-order chi connectivity index (χ1) is 9.11. The maximum absolute atomic E-state index is 10.9. The molecule has 0 fully saturated rings. The predicted molar refractivity (Wildman–Crippen MR) is 66.0 cm³/mol. The maximum atomic E-state index is 10.9. The molecule has 7 heteroatoms. The van der Waals surface area contributed by atoms with Crippen LogP contribution < -0.4 is 4.74 Å². The summed E-state index contributed by atoms with van der Waals surface area (Å²) in [5.41, 5.74) is 0.792. The number of rotatable bonds is 5. The summed E-state index contributed by atoms with van der Waals surface area (Å²) in [5.74, 6) is 0.122. The molecule has 0 saturated heterocycles. The maximum Gasteiger partial charge on any atom is 0.311 e. The molecule has 0 atom stereocenters. The van der Waals surface area contributed by atoms with Crippen molar-refractivity contribution < 1.29 is 14.5 Å². The predicted octanol–water partition coefficient (Wildman–Crippen LogP) is 1.72. The van der Waals surface area contributed by atoms with Crippen LogP contribution in [0.25, 0.3) is 0 Å². The Morgan fingerprint density at radius 2 is 2.32 bits per heavy atom. The second-order valence-corrected chi connectivity index (χ2v) is 3.89. The van der Waals surface area contributed by atoms with Crippen molar-refractivity contribution in [3.8, 4) is 5.75 Å². The summed E-state index contributed by atoms with van der Waals surface area (Å²) < 4.78 is 7.16. The zero-order valence-electron chi connectivity index (χ0n) is 10.1. The van der Waals surface area contributed by atoms with Gasteiger partial charge in [0.25, 0.3) is 0 Å². The van der Waals surface area contributed by atoms with Gasteiger partial charge in [-0.1, -0.05) is 0 Å². The van der Waals surface area contributed by atoms with Gasteiger partial charge < -0.3 is 9.30 Å². The summed E-state index contributed by atoms with van der Waals surface area (Å²) in [7, 11) is 1.80. The number of hydrogen-bond donors (Lipinski definition) is 0. The fraction of sp³-hybridized carbons (Fsp3) is 0.167. The van der Waals surface area contributed by atoms with Crippen molar-refractivity contribution in [2.24, 2.45) is 7.05 Å². The number of nitro groups is 1. The van der Waals surface area contributed by atoms with E-state index in [4.69, 9.17) is 4.74 Å². The summed E-state index contributed by atoms with van der Waals surface area (Å²) in [6.45, 7) is 0.164. The number of benzene rings is 1. The molecule has 2 rings (SSSR count). The Bertz CT molecular complexity index is 621. The van der Waals surface area contributed by atoms with Crippen molar-refractivity contribution in [1.29, 1.82) is 0 Å². The minimum Gasteiger partial charge on any atom is -0.480 e. The molecule has 0 aliphatic carbocycles. The highest BCUT2D eigenvalue weighted by Crippen LogP contribution is 2.28. The summed E-state index contributed by atoms with van der Waals surface area (Å²) >= 11 is 0. The summed E-state index contributed by atoms with van der Waals surface area (Å²) in [6.07, 6.45) is 3.78. The largest absolute Gasteiger partial charge is 0.480 e. The van der Waals surface area contributed by atoms with E-state index in [0.717, 1.165) is 5.69 Å². The van der Waals surface area contributed by atoms with Gasteiger partial charge in [0.05, 0.1) is 23.1 Å². The fourth-order valence-electron chi connectivity index (χ4n) is 1.55. The number of hydrogen-bond acceptors (Lipinski definition) is 5. The smallest absolute Gasteiger partial charge is 0.311 e. The van der Waals surface area contributed by atoms with Crippen LogP contribution in [-0.2, 0) is 13.7 Å². The third-order valence-corrected chi connectivity index (χ3v) is 2.61. The van der Waals surface area contributed by atoms with Crippen molar-refractivity contribution in [3.63, 3.8) is 0 Å². The second-order valence-electron chi connectivity index (χ2n) is 3.89. The molecule has 1 heterocycles. The monoisotopic (exact) mass is 261 g/mol. The van der Waals surface area contributed by atoms with Gasteiger partial charge in [-0.2, -0.15) is 0 Å². The Balaban J connectivity index is 2.22. The number of carbonyl (C=O) groups is 1. The Hall–Kier alpha value is -2.70. The number of nitrogens with zero attached hydrogens (tertiary/aromatic N) is 3. The van der Waals surface area contributed by atoms with Gasteiger partial charge in [0.15, 0.2) is 5.75 Å². The Morgan fingerprint density at radius 1 is 1.53 bits per heavy atom. The van der Waals surface area contributed by atoms with Crippen LogP contribution in [0.5, 0.6) is 5.75 Å². The molecular weight excluding hydrogens is 250 g/mol. The zero-order valence-corrected chi connectivity index (χ0v) is 10.1. The van der Waals surface area contributed by atoms with Crippen LogP contribution >= 0.6 is 0 Å². The van der Waals surface area contributed by atoms with Crippen molar-refractivity contribution in [2.75, 3.05) is 0 Å². The van der Waals surface area contributed by atoms with Gasteiger partial charge in [-0.15, -0.1) is 0 Å². The summed E-state index contributed by atoms with van der Waals surface area (Å²) in [5, 5.41) is 10.9. The van der Waals surface area contributed by atoms with Crippen LogP contribution in [0, 0.1) is 10.1 Å². The highest BCUT2D eigenvalue weighted by Gasteiger charge is 2.16. The lowest BCUT2D eigenvalue weighted by molar-refractivity contribution is -0.386. The average Bonchev–Trinajstić information content (AvgIpc) is 2.81. The van der Waals surface area contributed by atoms with E-state index in [1.807, 2.05) is 0 Å². The van der Waals surface area contributed by atoms with E-state index >= 15 is 0 Å². The number of aromatic nitrogens is 2. The van der Waals surface area contributed by atoms with Gasteiger partial charge in [-0.3, -0.25) is 14.9 Å². The SMILES string of the molecule is Cn1cncc1COc1ccc(C=O)cc1[N+](=O)[O-]. The normalized spacial score (nSPS) is 10.2. The van der Waals surface area contributed by atoms with Crippen molar-refractivity contribution in [3.05, 3.63) is 52.1 Å². The fourth-order valence-corrected chi connectivity index (χ4v) is 1.55. The lowest BCUT2D eigenvalue weighted by Gasteiger charge is -2.07. The van der Waals surface area contributed by atoms with E-state index in [1.54, 1.807) is 24.1 Å². The van der Waals surface area contributed by atoms with E-state index in [-0.39, 0.29) is 23.6 Å². The lowest BCUT2D eigenvalue weighted by Crippen LogP contribution is -2.03. The standard InChI is InChI=1S/C12H11N3O4/c1-14-8-13-5-10(14)7-19-12-3-2-9(6-16)4-11(12)15(17)18/h2-6,8H,7H2,1H3. The molecule has 19 heavy (non-hydrogen) atoms. The van der Waals surface area contributed by atoms with E-state index in [0.29, 0.717) is 6.29 Å². The third kappa shape index (κ3) is 2.76. The molecule has 0 aliphatic rings. The molecule has 0 aliphatic heterocycles. The van der Waals surface area contributed by atoms with Gasteiger partial charge in [-0.05, 0) is 12.1 Å². The summed E-state index contributed by atoms with van der Waals surface area (Å²) in [6, 6.07) is 4.07. The van der Waals surface area contributed by atoms with Crippen LogP contribution in [-0.4, -0.2) is 20.8 Å². The van der Waals surface area contributed by atoms with Crippen molar-refractivity contribution in [1.82, 2.24) is 9.55 Å². The van der Waals surface area contributed by atoms with Gasteiger partial charge in [-0.25, -0.2) is 4.98 Å². The molecule has 0 N–H and O–H groups in total. The van der Waals surface area contributed by atoms with Gasteiger partial charge in [0, 0.05) is 18.7 Å². The molecule has 0 amide bonds. The zero-order chi connectivity index (χ0) is 13.8. The van der Waals surface area contributed by atoms with Crippen LogP contribution in [0.1, 0.15) is 16.1 Å². The van der Waals surface area contributed by atoms with E-state index in [9.17, 15) is 14.9 Å². The number of aryl methyl sites for hydroxylation is 1. The van der Waals surface area contributed by atoms with Crippen LogP contribution in [0.3, 0.4) is 0 Å². The van der Waals surface area contributed by atoms with Crippen LogP contribution in [0.2, 0.25) is 0 Å². The van der Waals surface area contributed by atoms with Gasteiger partial charge >= 0.3 is 5.69 Å². The Morgan fingerprint density at radius 3 is 2.89 bits per heavy atom. The quantitative estimate of drug-likeness (QED) is 0.464. The minimum atomic E-state index is -0.578. The van der Waals surface area contributed by atoms with Crippen molar-refractivity contribution in [2.45, 2.75) is 6.61 Å². The molecule has 1 aromatic heterocycles. The molecule has 0 radical (unpaired) electrons. The first-order valence-corrected chi connectivity index (χ1v) is 5.43. The summed E-state index contributed by atoms with van der Waals surface area (Å²) in [4.78, 5) is 24.9. The topological polar surface area (TPSA) is 87.3 Å². The molecule has 7 nitrogen and oxygen atoms in total. The number of carbonyl (C=O) groups excluding carboxylic acids is 1. The molecule has 0 bridgehead atoms. The molecule has 0 saturated carbocycles. The first kappa shape index (κ1) is 12.7. The molecule has 2 aromatic rings. The van der Waals surface area contributed by atoms with Gasteiger partial charge in [0.2, 0.25) is 0 Å². The first-order valence-electron chi connectivity index (χ1n) is 5.43. The van der Waals surface area contributed by atoms with Crippen LogP contribution in [0.4, 0.5) is 5.69 Å². The number of nitro benzene ring substituents is 1. The lowest BCUT2D eigenvalue weighted by atomic mass is 10.2. The molecule has 0 unspecified atom stereocenters. The Kier molecular flexibility index (Phi) is 3.56. The number of ether oxygens (including phenoxy) is 1. The van der Waals surface area contributed by atoms with Gasteiger partial charge in [0.1, 0.15) is 12.9 Å². The highest BCUT2D eigenvalue weighted by atomic mass is 16.6. The average molecular weight is 261 g/mol. The van der Waals surface area contributed by atoms with E-state index in [2.05, 4.69) is 4.98 Å². The number of imidazole rings is 1. The van der Waals surface area contributed by atoms with E-state index in [1.165, 1.54) is 18.2 Å². The molecule has 0 spiro atoms. The second kappa shape index (κ2) is 5.30. The Labute approximate surface area is 108 Å². The van der Waals surface area contributed by atoms with E-state index < -0.39 is 4.92 Å². The minimum absolute atomic E-state index is 0.122.